The number of nitrogens with two attached hydrogens (primary N) is 1. The number of thiophene rings is 1. The number of pyridine rings is 1. The first-order chi connectivity index (χ1) is 11.2. The zero-order valence-corrected chi connectivity index (χ0v) is 14.7. The van der Waals surface area contributed by atoms with Crippen molar-refractivity contribution in [3.63, 3.8) is 0 Å². The first-order valence-corrected chi connectivity index (χ1v) is 8.86. The van der Waals surface area contributed by atoms with Gasteiger partial charge in [0.05, 0.1) is 3.79 Å². The maximum atomic E-state index is 12.4. The second kappa shape index (κ2) is 7.21. The van der Waals surface area contributed by atoms with Gasteiger partial charge in [-0.05, 0) is 40.2 Å². The highest BCUT2D eigenvalue weighted by atomic mass is 79.9. The van der Waals surface area contributed by atoms with Gasteiger partial charge in [0.2, 0.25) is 5.91 Å². The number of carbonyl (C=O) groups excluding carboxylic acids is 1. The Kier molecular flexibility index (Phi) is 5.05. The summed E-state index contributed by atoms with van der Waals surface area (Å²) in [6.07, 6.45) is 3.88. The fraction of sp³-hybridized carbons (Fsp3) is 0.176. The molecule has 3 rings (SSSR count). The monoisotopic (exact) mass is 389 g/mol. The lowest BCUT2D eigenvalue weighted by atomic mass is 10.0. The van der Waals surface area contributed by atoms with Crippen LogP contribution in [0.1, 0.15) is 17.2 Å². The van der Waals surface area contributed by atoms with Crippen LogP contribution in [0.15, 0.2) is 52.6 Å². The molecule has 2 heterocycles. The van der Waals surface area contributed by atoms with Gasteiger partial charge < -0.3 is 11.1 Å². The summed E-state index contributed by atoms with van der Waals surface area (Å²) in [5.74, 6) is -0.00257. The summed E-state index contributed by atoms with van der Waals surface area (Å²) in [4.78, 5) is 17.6. The van der Waals surface area contributed by atoms with Gasteiger partial charge >= 0.3 is 0 Å². The van der Waals surface area contributed by atoms with Crippen molar-refractivity contribution in [1.29, 1.82) is 0 Å². The number of rotatable bonds is 5. The molecule has 6 heteroatoms. The predicted octanol–water partition coefficient (Wildman–Crippen LogP) is 4.13. The van der Waals surface area contributed by atoms with Gasteiger partial charge in [0.25, 0.3) is 0 Å². The Labute approximate surface area is 146 Å². The number of halogens is 1. The molecule has 0 spiro atoms. The smallest absolute Gasteiger partial charge is 0.225 e. The molecule has 0 saturated carbocycles. The van der Waals surface area contributed by atoms with Gasteiger partial charge in [0.15, 0.2) is 0 Å². The lowest BCUT2D eigenvalue weighted by Gasteiger charge is -2.14. The van der Waals surface area contributed by atoms with Crippen LogP contribution in [0, 0.1) is 0 Å². The van der Waals surface area contributed by atoms with Crippen LogP contribution >= 0.6 is 27.3 Å². The summed E-state index contributed by atoms with van der Waals surface area (Å²) in [5, 5.41) is 4.98. The van der Waals surface area contributed by atoms with Gasteiger partial charge in [0, 0.05) is 52.6 Å². The topological polar surface area (TPSA) is 68.0 Å². The first-order valence-electron chi connectivity index (χ1n) is 7.25. The second-order valence-electron chi connectivity index (χ2n) is 5.23. The molecule has 0 bridgehead atoms. The minimum absolute atomic E-state index is 0.0305. The quantitative estimate of drug-likeness (QED) is 0.688. The van der Waals surface area contributed by atoms with E-state index < -0.39 is 0 Å². The second-order valence-corrected chi connectivity index (χ2v) is 7.72. The fourth-order valence-corrected chi connectivity index (χ4v) is 4.04. The molecule has 1 amide bonds. The maximum absolute atomic E-state index is 12.4. The average molecular weight is 390 g/mol. The first kappa shape index (κ1) is 16.1. The van der Waals surface area contributed by atoms with Gasteiger partial charge in [-0.2, -0.15) is 0 Å². The lowest BCUT2D eigenvalue weighted by Crippen LogP contribution is -2.20. The molecule has 23 heavy (non-hydrogen) atoms. The van der Waals surface area contributed by atoms with E-state index in [4.69, 9.17) is 5.73 Å². The van der Waals surface area contributed by atoms with E-state index in [1.165, 1.54) is 0 Å². The third-order valence-corrected chi connectivity index (χ3v) is 5.45. The molecule has 2 aromatic heterocycles. The molecule has 4 nitrogen and oxygen atoms in total. The molecule has 1 unspecified atom stereocenters. The highest BCUT2D eigenvalue weighted by molar-refractivity contribution is 9.11. The SMILES string of the molecule is NCC(CC(=O)Nc1cccc2cnccc12)c1ccc(Br)s1. The Hall–Kier alpha value is -1.76. The molecule has 0 aliphatic rings. The molecule has 0 saturated heterocycles. The number of anilines is 1. The number of aromatic nitrogens is 1. The van der Waals surface area contributed by atoms with Gasteiger partial charge in [-0.1, -0.05) is 12.1 Å². The summed E-state index contributed by atoms with van der Waals surface area (Å²) in [6.45, 7) is 0.444. The fourth-order valence-electron chi connectivity index (χ4n) is 2.50. The van der Waals surface area contributed by atoms with Crippen molar-refractivity contribution in [2.45, 2.75) is 12.3 Å². The van der Waals surface area contributed by atoms with E-state index in [1.807, 2.05) is 36.4 Å². The standard InChI is InChI=1S/C17H16BrN3OS/c18-16-5-4-15(23-16)12(9-19)8-17(22)21-14-3-1-2-11-10-20-7-6-13(11)14/h1-7,10,12H,8-9,19H2,(H,21,22). The number of nitrogens with zero attached hydrogens (tertiary/aromatic N) is 1. The summed E-state index contributed by atoms with van der Waals surface area (Å²) < 4.78 is 1.05. The van der Waals surface area contributed by atoms with E-state index in [2.05, 4.69) is 26.2 Å². The van der Waals surface area contributed by atoms with E-state index >= 15 is 0 Å². The molecule has 3 N–H and O–H groups in total. The van der Waals surface area contributed by atoms with Crippen molar-refractivity contribution < 1.29 is 4.79 Å². The summed E-state index contributed by atoms with van der Waals surface area (Å²) >= 11 is 5.07. The van der Waals surface area contributed by atoms with Crippen molar-refractivity contribution in [1.82, 2.24) is 4.98 Å². The molecule has 0 radical (unpaired) electrons. The number of fused-ring (bicyclic) bond motifs is 1. The maximum Gasteiger partial charge on any atom is 0.225 e. The molecule has 1 atom stereocenters. The lowest BCUT2D eigenvalue weighted by molar-refractivity contribution is -0.116. The zero-order valence-electron chi connectivity index (χ0n) is 12.3. The van der Waals surface area contributed by atoms with E-state index in [1.54, 1.807) is 23.7 Å². The van der Waals surface area contributed by atoms with Crippen LogP contribution < -0.4 is 11.1 Å². The van der Waals surface area contributed by atoms with Gasteiger partial charge in [-0.3, -0.25) is 9.78 Å². The summed E-state index contributed by atoms with van der Waals surface area (Å²) in [5.41, 5.74) is 6.65. The third-order valence-electron chi connectivity index (χ3n) is 3.67. The van der Waals surface area contributed by atoms with Gasteiger partial charge in [0.1, 0.15) is 0 Å². The highest BCUT2D eigenvalue weighted by Gasteiger charge is 2.17. The zero-order chi connectivity index (χ0) is 16.2. The molecule has 1 aromatic carbocycles. The molecule has 0 fully saturated rings. The van der Waals surface area contributed by atoms with E-state index in [9.17, 15) is 4.79 Å². The predicted molar refractivity (Wildman–Crippen MR) is 98.8 cm³/mol. The molecule has 0 aliphatic carbocycles. The number of benzene rings is 1. The van der Waals surface area contributed by atoms with Crippen molar-refractivity contribution in [2.24, 2.45) is 5.73 Å². The average Bonchev–Trinajstić information content (AvgIpc) is 2.99. The Morgan fingerprint density at radius 1 is 1.30 bits per heavy atom. The van der Waals surface area contributed by atoms with Crippen molar-refractivity contribution >= 4 is 49.6 Å². The molecule has 3 aromatic rings. The van der Waals surface area contributed by atoms with Crippen LogP contribution in [0.4, 0.5) is 5.69 Å². The Morgan fingerprint density at radius 3 is 2.91 bits per heavy atom. The van der Waals surface area contributed by atoms with Crippen molar-refractivity contribution in [2.75, 3.05) is 11.9 Å². The van der Waals surface area contributed by atoms with E-state index in [0.29, 0.717) is 13.0 Å². The largest absolute Gasteiger partial charge is 0.330 e. The van der Waals surface area contributed by atoms with Crippen LogP contribution in [0.2, 0.25) is 0 Å². The van der Waals surface area contributed by atoms with E-state index in [0.717, 1.165) is 25.1 Å². The number of nitrogens with one attached hydrogen (secondary N) is 1. The van der Waals surface area contributed by atoms with Crippen LogP contribution in [0.25, 0.3) is 10.8 Å². The minimum Gasteiger partial charge on any atom is -0.330 e. The third kappa shape index (κ3) is 3.77. The molecule has 0 aliphatic heterocycles. The normalized spacial score (nSPS) is 12.3. The Balaban J connectivity index is 1.75. The number of hydrogen-bond donors (Lipinski definition) is 2. The van der Waals surface area contributed by atoms with Gasteiger partial charge in [-0.25, -0.2) is 0 Å². The van der Waals surface area contributed by atoms with E-state index in [-0.39, 0.29) is 11.8 Å². The Morgan fingerprint density at radius 2 is 2.17 bits per heavy atom. The Bertz CT molecular complexity index is 828. The number of hydrogen-bond acceptors (Lipinski definition) is 4. The number of carbonyl (C=O) groups is 1. The molecule has 118 valence electrons. The number of amides is 1. The van der Waals surface area contributed by atoms with Gasteiger partial charge in [-0.15, -0.1) is 11.3 Å². The van der Waals surface area contributed by atoms with Crippen molar-refractivity contribution in [3.8, 4) is 0 Å². The summed E-state index contributed by atoms with van der Waals surface area (Å²) in [7, 11) is 0. The molecular weight excluding hydrogens is 374 g/mol. The summed E-state index contributed by atoms with van der Waals surface area (Å²) in [6, 6.07) is 11.7. The molecular formula is C17H16BrN3OS. The van der Waals surface area contributed by atoms with Crippen LogP contribution in [-0.4, -0.2) is 17.4 Å². The highest BCUT2D eigenvalue weighted by Crippen LogP contribution is 2.30. The minimum atomic E-state index is -0.0331. The van der Waals surface area contributed by atoms with Crippen molar-refractivity contribution in [3.05, 3.63) is 57.5 Å². The van der Waals surface area contributed by atoms with Crippen LogP contribution in [0.3, 0.4) is 0 Å². The van der Waals surface area contributed by atoms with Crippen LogP contribution in [0.5, 0.6) is 0 Å². The van der Waals surface area contributed by atoms with Crippen LogP contribution in [-0.2, 0) is 4.79 Å².